The number of carbonyl (C=O) groups excluding carboxylic acids is 2. The topological polar surface area (TPSA) is 130 Å². The minimum absolute atomic E-state index is 0.0351. The van der Waals surface area contributed by atoms with Gasteiger partial charge in [-0.3, -0.25) is 14.5 Å². The maximum Gasteiger partial charge on any atom is 0.356 e. The number of carboxylic acids is 1. The molecule has 1 fully saturated rings. The molecule has 1 unspecified atom stereocenters. The first-order chi connectivity index (χ1) is 12.7. The molecule has 2 atom stereocenters. The summed E-state index contributed by atoms with van der Waals surface area (Å²) in [5.74, 6) is -3.06. The molecule has 0 aromatic carbocycles. The van der Waals surface area contributed by atoms with Gasteiger partial charge in [-0.15, -0.1) is 23.1 Å². The molecule has 2 amide bonds. The first-order valence-corrected chi connectivity index (χ1v) is 11.4. The third kappa shape index (κ3) is 3.96. The fraction of sp³-hybridized carbons (Fsp3) is 0.400. The molecule has 1 aromatic heterocycles. The summed E-state index contributed by atoms with van der Waals surface area (Å²) in [6, 6.07) is 2.76. The number of aliphatic carboxylic acids is 1. The van der Waals surface area contributed by atoms with Crippen molar-refractivity contribution in [3.63, 3.8) is 0 Å². The van der Waals surface area contributed by atoms with Crippen LogP contribution in [-0.4, -0.2) is 59.1 Å². The van der Waals surface area contributed by atoms with Crippen LogP contribution in [0.15, 0.2) is 29.0 Å². The number of carbonyl (C=O) groups is 3. The van der Waals surface area contributed by atoms with Crippen LogP contribution in [0.5, 0.6) is 0 Å². The fourth-order valence-corrected chi connectivity index (χ4v) is 5.26. The SMILES string of the molecule is CCS(=O)(=O)OC1=C(C(=O)O)N2C(=O)C(NC(=O)Cc3cccs3)[C@H]2SC1. The van der Waals surface area contributed by atoms with E-state index in [2.05, 4.69) is 5.32 Å². The number of thioether (sulfide) groups is 1. The molecule has 2 aliphatic heterocycles. The number of β-lactam (4-membered cyclic amide) rings is 1. The van der Waals surface area contributed by atoms with E-state index < -0.39 is 39.1 Å². The molecule has 1 aromatic rings. The summed E-state index contributed by atoms with van der Waals surface area (Å²) in [6.45, 7) is 1.36. The lowest BCUT2D eigenvalue weighted by atomic mass is 10.0. The minimum Gasteiger partial charge on any atom is -0.476 e. The highest BCUT2D eigenvalue weighted by Gasteiger charge is 2.55. The molecule has 2 N–H and O–H groups in total. The number of rotatable bonds is 7. The summed E-state index contributed by atoms with van der Waals surface area (Å²) < 4.78 is 28.2. The number of thiophene rings is 1. The second kappa shape index (κ2) is 7.52. The molecule has 0 aliphatic carbocycles. The number of amides is 2. The second-order valence-corrected chi connectivity index (χ2v) is 9.71. The summed E-state index contributed by atoms with van der Waals surface area (Å²) in [7, 11) is -3.92. The lowest BCUT2D eigenvalue weighted by Crippen LogP contribution is -2.70. The van der Waals surface area contributed by atoms with E-state index >= 15 is 0 Å². The van der Waals surface area contributed by atoms with Crippen LogP contribution in [0.3, 0.4) is 0 Å². The number of carboxylic acid groups (broad SMARTS) is 1. The van der Waals surface area contributed by atoms with Gasteiger partial charge in [0.2, 0.25) is 5.91 Å². The molecule has 9 nitrogen and oxygen atoms in total. The average molecular weight is 433 g/mol. The molecule has 1 saturated heterocycles. The van der Waals surface area contributed by atoms with Gasteiger partial charge in [-0.1, -0.05) is 6.07 Å². The van der Waals surface area contributed by atoms with Crippen molar-refractivity contribution in [3.8, 4) is 0 Å². The van der Waals surface area contributed by atoms with Gasteiger partial charge < -0.3 is 14.6 Å². The van der Waals surface area contributed by atoms with Gasteiger partial charge in [-0.25, -0.2) is 4.79 Å². The number of hydrogen-bond donors (Lipinski definition) is 2. The van der Waals surface area contributed by atoms with Crippen LogP contribution in [0, 0.1) is 0 Å². The Morgan fingerprint density at radius 3 is 2.78 bits per heavy atom. The van der Waals surface area contributed by atoms with Gasteiger partial charge in [0.1, 0.15) is 11.4 Å². The van der Waals surface area contributed by atoms with E-state index in [0.717, 1.165) is 21.5 Å². The summed E-state index contributed by atoms with van der Waals surface area (Å²) in [5, 5.41) is 13.3. The van der Waals surface area contributed by atoms with Gasteiger partial charge >= 0.3 is 16.1 Å². The number of hydrogen-bond acceptors (Lipinski definition) is 8. The Hall–Kier alpha value is -2.05. The Balaban J connectivity index is 1.75. The fourth-order valence-electron chi connectivity index (χ4n) is 2.66. The Labute approximate surface area is 163 Å². The van der Waals surface area contributed by atoms with Crippen LogP contribution in [0.1, 0.15) is 11.8 Å². The van der Waals surface area contributed by atoms with Gasteiger partial charge in [0.25, 0.3) is 5.91 Å². The zero-order valence-electron chi connectivity index (χ0n) is 14.1. The Kier molecular flexibility index (Phi) is 5.49. The van der Waals surface area contributed by atoms with E-state index in [9.17, 15) is 27.9 Å². The number of nitrogens with one attached hydrogen (secondary N) is 1. The molecule has 146 valence electrons. The molecule has 0 spiro atoms. The van der Waals surface area contributed by atoms with E-state index in [4.69, 9.17) is 4.18 Å². The highest BCUT2D eigenvalue weighted by atomic mass is 32.2. The predicted octanol–water partition coefficient (Wildman–Crippen LogP) is 0.353. The normalized spacial score (nSPS) is 22.1. The lowest BCUT2D eigenvalue weighted by molar-refractivity contribution is -0.151. The molecule has 27 heavy (non-hydrogen) atoms. The van der Waals surface area contributed by atoms with E-state index in [0.29, 0.717) is 0 Å². The Bertz CT molecular complexity index is 908. The Morgan fingerprint density at radius 2 is 2.19 bits per heavy atom. The smallest absolute Gasteiger partial charge is 0.356 e. The quantitative estimate of drug-likeness (QED) is 0.466. The molecule has 3 heterocycles. The van der Waals surface area contributed by atoms with Crippen LogP contribution in [0.2, 0.25) is 0 Å². The summed E-state index contributed by atoms with van der Waals surface area (Å²) in [5.41, 5.74) is -0.496. The minimum atomic E-state index is -3.92. The Morgan fingerprint density at radius 1 is 1.44 bits per heavy atom. The van der Waals surface area contributed by atoms with Crippen molar-refractivity contribution in [2.24, 2.45) is 0 Å². The first-order valence-electron chi connectivity index (χ1n) is 7.88. The van der Waals surface area contributed by atoms with Gasteiger partial charge in [0.05, 0.1) is 17.9 Å². The van der Waals surface area contributed by atoms with Crippen LogP contribution < -0.4 is 5.32 Å². The van der Waals surface area contributed by atoms with Crippen molar-refractivity contribution in [3.05, 3.63) is 33.8 Å². The van der Waals surface area contributed by atoms with Gasteiger partial charge in [-0.05, 0) is 18.4 Å². The molecule has 12 heteroatoms. The van der Waals surface area contributed by atoms with Crippen LogP contribution in [-0.2, 0) is 35.1 Å². The maximum absolute atomic E-state index is 12.4. The molecule has 0 bridgehead atoms. The third-order valence-electron chi connectivity index (χ3n) is 3.95. The van der Waals surface area contributed by atoms with Crippen LogP contribution in [0.4, 0.5) is 0 Å². The van der Waals surface area contributed by atoms with Gasteiger partial charge in [0, 0.05) is 4.88 Å². The van der Waals surface area contributed by atoms with Crippen molar-refractivity contribution in [1.29, 1.82) is 0 Å². The van der Waals surface area contributed by atoms with Crippen LogP contribution >= 0.6 is 23.1 Å². The van der Waals surface area contributed by atoms with E-state index in [1.165, 1.54) is 18.3 Å². The average Bonchev–Trinajstić information content (AvgIpc) is 3.11. The molecule has 3 rings (SSSR count). The highest BCUT2D eigenvalue weighted by molar-refractivity contribution is 8.00. The van der Waals surface area contributed by atoms with Crippen molar-refractivity contribution in [2.45, 2.75) is 24.8 Å². The van der Waals surface area contributed by atoms with Crippen molar-refractivity contribution < 1.29 is 32.1 Å². The molecule has 2 aliphatic rings. The largest absolute Gasteiger partial charge is 0.476 e. The zero-order chi connectivity index (χ0) is 19.8. The van der Waals surface area contributed by atoms with E-state index in [1.54, 1.807) is 6.07 Å². The molecule has 0 saturated carbocycles. The first kappa shape index (κ1) is 19.7. The molecular weight excluding hydrogens is 416 g/mol. The number of fused-ring (bicyclic) bond motifs is 1. The van der Waals surface area contributed by atoms with Crippen molar-refractivity contribution in [1.82, 2.24) is 10.2 Å². The van der Waals surface area contributed by atoms with Crippen molar-refractivity contribution in [2.75, 3.05) is 11.5 Å². The monoisotopic (exact) mass is 432 g/mol. The summed E-state index contributed by atoms with van der Waals surface area (Å²) in [6.07, 6.45) is 0.129. The van der Waals surface area contributed by atoms with Crippen molar-refractivity contribution >= 4 is 51.0 Å². The van der Waals surface area contributed by atoms with Gasteiger partial charge in [-0.2, -0.15) is 8.42 Å². The summed E-state index contributed by atoms with van der Waals surface area (Å²) >= 11 is 2.56. The molecule has 0 radical (unpaired) electrons. The predicted molar refractivity (Wildman–Crippen MR) is 98.3 cm³/mol. The molecular formula is C15H16N2O7S3. The maximum atomic E-state index is 12.4. The van der Waals surface area contributed by atoms with Crippen LogP contribution in [0.25, 0.3) is 0 Å². The second-order valence-electron chi connectivity index (χ2n) is 5.72. The summed E-state index contributed by atoms with van der Waals surface area (Å²) in [4.78, 5) is 38.0. The zero-order valence-corrected chi connectivity index (χ0v) is 16.5. The number of nitrogens with zero attached hydrogens (tertiary/aromatic N) is 1. The van der Waals surface area contributed by atoms with Gasteiger partial charge in [0.15, 0.2) is 11.5 Å². The lowest BCUT2D eigenvalue weighted by Gasteiger charge is -2.48. The van der Waals surface area contributed by atoms with E-state index in [-0.39, 0.29) is 29.6 Å². The third-order valence-corrected chi connectivity index (χ3v) is 7.24. The highest BCUT2D eigenvalue weighted by Crippen LogP contribution is 2.41. The van der Waals surface area contributed by atoms with E-state index in [1.807, 2.05) is 11.4 Å². The standard InChI is InChI=1S/C15H16N2O7S3/c1-2-27(22,23)24-9-7-26-14-11(13(19)17(14)12(9)15(20)21)16-10(18)6-8-4-3-5-25-8/h3-5,11,14H,2,6-7H2,1H3,(H,16,18)(H,20,21)/t11?,14-/m1/s1.